The number of benzene rings is 2. The van der Waals surface area contributed by atoms with Crippen LogP contribution in [0.3, 0.4) is 0 Å². The van der Waals surface area contributed by atoms with Crippen molar-refractivity contribution < 1.29 is 14.1 Å². The second-order valence-electron chi connectivity index (χ2n) is 5.92. The van der Waals surface area contributed by atoms with Gasteiger partial charge in [-0.05, 0) is 29.8 Å². The van der Waals surface area contributed by atoms with Crippen molar-refractivity contribution in [3.05, 3.63) is 75.4 Å². The van der Waals surface area contributed by atoms with Crippen LogP contribution in [0.4, 0.5) is 0 Å². The number of para-hydroxylation sites is 1. The van der Waals surface area contributed by atoms with Crippen LogP contribution < -0.4 is 4.74 Å². The van der Waals surface area contributed by atoms with Gasteiger partial charge in [-0.1, -0.05) is 46.6 Å². The predicted octanol–water partition coefficient (Wildman–Crippen LogP) is 4.54. The van der Waals surface area contributed by atoms with Crippen LogP contribution in [0.2, 0.25) is 10.0 Å². The summed E-state index contributed by atoms with van der Waals surface area (Å²) >= 11 is 12.0. The average Bonchev–Trinajstić information content (AvgIpc) is 3.08. The highest BCUT2D eigenvalue weighted by atomic mass is 35.5. The van der Waals surface area contributed by atoms with Crippen LogP contribution in [0.15, 0.2) is 47.0 Å². The monoisotopic (exact) mass is 405 g/mol. The molecule has 0 bridgehead atoms. The van der Waals surface area contributed by atoms with Crippen molar-refractivity contribution in [2.75, 3.05) is 7.05 Å². The van der Waals surface area contributed by atoms with Crippen LogP contribution >= 0.6 is 23.2 Å². The van der Waals surface area contributed by atoms with E-state index in [1.54, 1.807) is 55.3 Å². The maximum Gasteiger partial charge on any atom is 0.257 e. The first-order valence-electron chi connectivity index (χ1n) is 8.14. The molecule has 1 heterocycles. The van der Waals surface area contributed by atoms with Crippen molar-refractivity contribution in [3.63, 3.8) is 0 Å². The second-order valence-corrected chi connectivity index (χ2v) is 6.74. The number of carbonyl (C=O) groups is 1. The largest absolute Gasteiger partial charge is 0.485 e. The average molecular weight is 406 g/mol. The summed E-state index contributed by atoms with van der Waals surface area (Å²) in [6.45, 7) is 2.19. The lowest BCUT2D eigenvalue weighted by atomic mass is 10.1. The molecule has 140 valence electrons. The summed E-state index contributed by atoms with van der Waals surface area (Å²) in [5.74, 6) is 1.14. The number of amides is 1. The first kappa shape index (κ1) is 19.2. The molecule has 3 rings (SSSR count). The van der Waals surface area contributed by atoms with Gasteiger partial charge in [-0.25, -0.2) is 0 Å². The Labute approximate surface area is 166 Å². The lowest BCUT2D eigenvalue weighted by Gasteiger charge is -2.19. The van der Waals surface area contributed by atoms with Crippen molar-refractivity contribution >= 4 is 29.1 Å². The van der Waals surface area contributed by atoms with E-state index in [2.05, 4.69) is 10.1 Å². The molecule has 8 heteroatoms. The normalized spacial score (nSPS) is 10.7. The lowest BCUT2D eigenvalue weighted by molar-refractivity contribution is 0.0780. The molecule has 0 saturated heterocycles. The minimum absolute atomic E-state index is 0.109. The summed E-state index contributed by atoms with van der Waals surface area (Å²) < 4.78 is 10.6. The molecule has 0 saturated carbocycles. The molecule has 0 aliphatic rings. The summed E-state index contributed by atoms with van der Waals surface area (Å²) in [7, 11) is 1.71. The summed E-state index contributed by atoms with van der Waals surface area (Å²) in [6, 6.07) is 12.3. The molecule has 0 aliphatic heterocycles. The molecule has 0 N–H and O–H groups in total. The maximum absolute atomic E-state index is 12.9. The van der Waals surface area contributed by atoms with Crippen LogP contribution in [0, 0.1) is 6.92 Å². The highest BCUT2D eigenvalue weighted by Gasteiger charge is 2.18. The Kier molecular flexibility index (Phi) is 5.98. The van der Waals surface area contributed by atoms with Crippen LogP contribution in [0.5, 0.6) is 5.75 Å². The molecule has 1 aromatic heterocycles. The van der Waals surface area contributed by atoms with Gasteiger partial charge in [0.05, 0.1) is 15.6 Å². The number of aryl methyl sites for hydroxylation is 1. The quantitative estimate of drug-likeness (QED) is 0.602. The third kappa shape index (κ3) is 4.78. The van der Waals surface area contributed by atoms with E-state index >= 15 is 0 Å². The topological polar surface area (TPSA) is 68.5 Å². The second kappa shape index (κ2) is 8.41. The van der Waals surface area contributed by atoms with Crippen LogP contribution in [0.25, 0.3) is 0 Å². The summed E-state index contributed by atoms with van der Waals surface area (Å²) in [6.07, 6.45) is 0. The van der Waals surface area contributed by atoms with Crippen LogP contribution in [0.1, 0.15) is 27.6 Å². The Morgan fingerprint density at radius 1 is 1.19 bits per heavy atom. The fourth-order valence-corrected chi connectivity index (χ4v) is 2.82. The van der Waals surface area contributed by atoms with Crippen molar-refractivity contribution in [1.29, 1.82) is 0 Å². The summed E-state index contributed by atoms with van der Waals surface area (Å²) in [5, 5.41) is 4.71. The van der Waals surface area contributed by atoms with Crippen LogP contribution in [-0.2, 0) is 13.2 Å². The van der Waals surface area contributed by atoms with Crippen molar-refractivity contribution in [2.45, 2.75) is 20.1 Å². The molecule has 6 nitrogen and oxygen atoms in total. The number of aromatic nitrogens is 2. The van der Waals surface area contributed by atoms with Crippen LogP contribution in [-0.4, -0.2) is 28.0 Å². The zero-order valence-electron chi connectivity index (χ0n) is 14.8. The number of halogens is 2. The highest BCUT2D eigenvalue weighted by molar-refractivity contribution is 6.42. The minimum Gasteiger partial charge on any atom is -0.485 e. The first-order chi connectivity index (χ1) is 12.9. The Hall–Kier alpha value is -2.57. The number of hydrogen-bond acceptors (Lipinski definition) is 5. The Bertz CT molecular complexity index is 959. The smallest absolute Gasteiger partial charge is 0.257 e. The Morgan fingerprint density at radius 2 is 1.96 bits per heavy atom. The standard InChI is InChI=1S/C19H17Cl2N3O3/c1-12-22-18(23-27-12)11-26-17-6-4-3-5-14(17)19(25)24(2)10-13-7-8-15(20)16(21)9-13/h3-9H,10-11H2,1-2H3. The lowest BCUT2D eigenvalue weighted by Crippen LogP contribution is -2.26. The van der Waals surface area contributed by atoms with Crippen molar-refractivity contribution in [1.82, 2.24) is 15.0 Å². The van der Waals surface area contributed by atoms with E-state index in [0.29, 0.717) is 39.6 Å². The summed E-state index contributed by atoms with van der Waals surface area (Å²) in [4.78, 5) is 18.5. The van der Waals surface area contributed by atoms with E-state index in [4.69, 9.17) is 32.5 Å². The van der Waals surface area contributed by atoms with Gasteiger partial charge in [-0.2, -0.15) is 4.98 Å². The highest BCUT2D eigenvalue weighted by Crippen LogP contribution is 2.25. The molecule has 27 heavy (non-hydrogen) atoms. The SMILES string of the molecule is Cc1nc(COc2ccccc2C(=O)N(C)Cc2ccc(Cl)c(Cl)c2)no1. The molecule has 3 aromatic rings. The zero-order chi connectivity index (χ0) is 19.4. The molecular weight excluding hydrogens is 389 g/mol. The first-order valence-corrected chi connectivity index (χ1v) is 8.90. The third-order valence-corrected chi connectivity index (χ3v) is 4.53. The van der Waals surface area contributed by atoms with Gasteiger partial charge in [0, 0.05) is 20.5 Å². The molecule has 0 fully saturated rings. The minimum atomic E-state index is -0.180. The molecule has 1 amide bonds. The number of ether oxygens (including phenoxy) is 1. The molecule has 0 atom stereocenters. The molecule has 0 aliphatic carbocycles. The molecule has 0 unspecified atom stereocenters. The molecule has 0 radical (unpaired) electrons. The fraction of sp³-hybridized carbons (Fsp3) is 0.211. The number of carbonyl (C=O) groups excluding carboxylic acids is 1. The van der Waals surface area contributed by atoms with Gasteiger partial charge in [0.1, 0.15) is 5.75 Å². The van der Waals surface area contributed by atoms with E-state index in [0.717, 1.165) is 5.56 Å². The summed E-state index contributed by atoms with van der Waals surface area (Å²) in [5.41, 5.74) is 1.32. The Morgan fingerprint density at radius 3 is 2.67 bits per heavy atom. The van der Waals surface area contributed by atoms with Gasteiger partial charge in [0.25, 0.3) is 5.91 Å². The molecule has 2 aromatic carbocycles. The van der Waals surface area contributed by atoms with E-state index in [-0.39, 0.29) is 12.5 Å². The van der Waals surface area contributed by atoms with Gasteiger partial charge < -0.3 is 14.2 Å². The zero-order valence-corrected chi connectivity index (χ0v) is 16.3. The van der Waals surface area contributed by atoms with E-state index in [1.807, 2.05) is 6.07 Å². The number of nitrogens with zero attached hydrogens (tertiary/aromatic N) is 3. The van der Waals surface area contributed by atoms with Gasteiger partial charge in [0.2, 0.25) is 11.7 Å². The van der Waals surface area contributed by atoms with E-state index in [1.165, 1.54) is 0 Å². The molecular formula is C19H17Cl2N3O3. The number of hydrogen-bond donors (Lipinski definition) is 0. The van der Waals surface area contributed by atoms with Gasteiger partial charge in [-0.3, -0.25) is 4.79 Å². The van der Waals surface area contributed by atoms with Crippen molar-refractivity contribution in [3.8, 4) is 5.75 Å². The predicted molar refractivity (Wildman–Crippen MR) is 102 cm³/mol. The van der Waals surface area contributed by atoms with E-state index in [9.17, 15) is 4.79 Å². The maximum atomic E-state index is 12.9. The van der Waals surface area contributed by atoms with E-state index < -0.39 is 0 Å². The fourth-order valence-electron chi connectivity index (χ4n) is 2.50. The van der Waals surface area contributed by atoms with Gasteiger partial charge >= 0.3 is 0 Å². The van der Waals surface area contributed by atoms with Crippen molar-refractivity contribution in [2.24, 2.45) is 0 Å². The third-order valence-electron chi connectivity index (χ3n) is 3.79. The van der Waals surface area contributed by atoms with Gasteiger partial charge in [0.15, 0.2) is 6.61 Å². The van der Waals surface area contributed by atoms with Gasteiger partial charge in [-0.15, -0.1) is 0 Å². The Balaban J connectivity index is 1.72. The number of rotatable bonds is 6. The molecule has 0 spiro atoms.